The molecule has 5 nitrogen and oxygen atoms in total. The smallest absolute Gasteiger partial charge is 0.407 e. The molecule has 1 saturated heterocycles. The minimum absolute atomic E-state index is 0.143. The van der Waals surface area contributed by atoms with Crippen LogP contribution in [0.25, 0.3) is 0 Å². The maximum atomic E-state index is 11.8. The first kappa shape index (κ1) is 16.6. The van der Waals surface area contributed by atoms with Gasteiger partial charge in [0.05, 0.1) is 7.11 Å². The molecule has 2 rings (SSSR count). The standard InChI is InChI=1S/C17H26N2O3/c1-17(2,3)22-16(20)18-14-9-10-19(12-14)11-13-7-5-6-8-15(13)21-4/h5-8,14H,9-12H2,1-4H3,(H,18,20)/t14-/m1/s1. The van der Waals surface area contributed by atoms with Gasteiger partial charge in [-0.15, -0.1) is 0 Å². The molecule has 1 atom stereocenters. The van der Waals surface area contributed by atoms with Crippen molar-refractivity contribution in [2.24, 2.45) is 0 Å². The lowest BCUT2D eigenvalue weighted by Gasteiger charge is -2.22. The summed E-state index contributed by atoms with van der Waals surface area (Å²) in [6.45, 7) is 8.23. The highest BCUT2D eigenvalue weighted by molar-refractivity contribution is 5.68. The van der Waals surface area contributed by atoms with Gasteiger partial charge in [-0.1, -0.05) is 18.2 Å². The Labute approximate surface area is 132 Å². The second-order valence-corrected chi connectivity index (χ2v) is 6.68. The highest BCUT2D eigenvalue weighted by Gasteiger charge is 2.26. The van der Waals surface area contributed by atoms with Crippen molar-refractivity contribution in [3.63, 3.8) is 0 Å². The first-order valence-corrected chi connectivity index (χ1v) is 7.71. The number of rotatable bonds is 4. The van der Waals surface area contributed by atoms with E-state index in [2.05, 4.69) is 16.3 Å². The van der Waals surface area contributed by atoms with Crippen LogP contribution in [0, 0.1) is 0 Å². The predicted molar refractivity (Wildman–Crippen MR) is 86.0 cm³/mol. The molecule has 22 heavy (non-hydrogen) atoms. The summed E-state index contributed by atoms with van der Waals surface area (Å²) in [5.41, 5.74) is 0.711. The molecule has 1 N–H and O–H groups in total. The summed E-state index contributed by atoms with van der Waals surface area (Å²) in [6.07, 6.45) is 0.602. The SMILES string of the molecule is COc1ccccc1CN1CC[C@@H](NC(=O)OC(C)(C)C)C1. The summed E-state index contributed by atoms with van der Waals surface area (Å²) in [4.78, 5) is 14.1. The highest BCUT2D eigenvalue weighted by atomic mass is 16.6. The monoisotopic (exact) mass is 306 g/mol. The topological polar surface area (TPSA) is 50.8 Å². The Balaban J connectivity index is 1.84. The molecule has 0 unspecified atom stereocenters. The number of carbonyl (C=O) groups excluding carboxylic acids is 1. The number of hydrogen-bond donors (Lipinski definition) is 1. The van der Waals surface area contributed by atoms with Crippen LogP contribution < -0.4 is 10.1 Å². The van der Waals surface area contributed by atoms with Crippen molar-refractivity contribution in [1.82, 2.24) is 10.2 Å². The highest BCUT2D eigenvalue weighted by Crippen LogP contribution is 2.21. The second-order valence-electron chi connectivity index (χ2n) is 6.68. The average molecular weight is 306 g/mol. The normalized spacial score (nSPS) is 19.0. The lowest BCUT2D eigenvalue weighted by Crippen LogP contribution is -2.40. The van der Waals surface area contributed by atoms with Crippen LogP contribution in [0.4, 0.5) is 4.79 Å². The van der Waals surface area contributed by atoms with E-state index < -0.39 is 5.60 Å². The van der Waals surface area contributed by atoms with Crippen LogP contribution in [0.5, 0.6) is 5.75 Å². The number of alkyl carbamates (subject to hydrolysis) is 1. The molecule has 1 aromatic carbocycles. The number of amides is 1. The van der Waals surface area contributed by atoms with Gasteiger partial charge in [-0.05, 0) is 33.3 Å². The number of hydrogen-bond acceptors (Lipinski definition) is 4. The van der Waals surface area contributed by atoms with Crippen LogP contribution >= 0.6 is 0 Å². The zero-order valence-electron chi connectivity index (χ0n) is 13.9. The van der Waals surface area contributed by atoms with Crippen molar-refractivity contribution in [1.29, 1.82) is 0 Å². The third-order valence-electron chi connectivity index (χ3n) is 3.58. The average Bonchev–Trinajstić information content (AvgIpc) is 2.84. The second kappa shape index (κ2) is 7.01. The molecule has 0 spiro atoms. The summed E-state index contributed by atoms with van der Waals surface area (Å²) in [6, 6.07) is 8.18. The van der Waals surface area contributed by atoms with Crippen LogP contribution in [0.3, 0.4) is 0 Å². The maximum Gasteiger partial charge on any atom is 0.407 e. The van der Waals surface area contributed by atoms with Crippen molar-refractivity contribution in [2.45, 2.75) is 45.4 Å². The van der Waals surface area contributed by atoms with Gasteiger partial charge < -0.3 is 14.8 Å². The minimum atomic E-state index is -0.459. The minimum Gasteiger partial charge on any atom is -0.496 e. The van der Waals surface area contributed by atoms with Crippen LogP contribution in [0.1, 0.15) is 32.8 Å². The fraction of sp³-hybridized carbons (Fsp3) is 0.588. The molecule has 1 heterocycles. The molecular weight excluding hydrogens is 280 g/mol. The quantitative estimate of drug-likeness (QED) is 0.929. The summed E-state index contributed by atoms with van der Waals surface area (Å²) >= 11 is 0. The summed E-state index contributed by atoms with van der Waals surface area (Å²) in [5.74, 6) is 0.908. The van der Waals surface area contributed by atoms with E-state index in [-0.39, 0.29) is 12.1 Å². The van der Waals surface area contributed by atoms with Crippen molar-refractivity contribution >= 4 is 6.09 Å². The van der Waals surface area contributed by atoms with Gasteiger partial charge in [-0.25, -0.2) is 4.79 Å². The third kappa shape index (κ3) is 4.91. The van der Waals surface area contributed by atoms with Gasteiger partial charge >= 0.3 is 6.09 Å². The first-order chi connectivity index (χ1) is 10.4. The van der Waals surface area contributed by atoms with E-state index >= 15 is 0 Å². The van der Waals surface area contributed by atoms with E-state index in [9.17, 15) is 4.79 Å². The predicted octanol–water partition coefficient (Wildman–Crippen LogP) is 2.79. The number of carbonyl (C=O) groups is 1. The zero-order chi connectivity index (χ0) is 16.2. The molecule has 1 aromatic rings. The molecule has 1 amide bonds. The summed E-state index contributed by atoms with van der Waals surface area (Å²) in [7, 11) is 1.69. The lowest BCUT2D eigenvalue weighted by atomic mass is 10.2. The van der Waals surface area contributed by atoms with Crippen molar-refractivity contribution < 1.29 is 14.3 Å². The Morgan fingerprint density at radius 3 is 2.77 bits per heavy atom. The van der Waals surface area contributed by atoms with Crippen LogP contribution in [-0.4, -0.2) is 42.8 Å². The Morgan fingerprint density at radius 1 is 1.36 bits per heavy atom. The molecule has 0 bridgehead atoms. The van der Waals surface area contributed by atoms with Gasteiger partial charge in [0.25, 0.3) is 0 Å². The molecule has 1 aliphatic heterocycles. The van der Waals surface area contributed by atoms with E-state index in [1.807, 2.05) is 39.0 Å². The molecule has 0 saturated carbocycles. The first-order valence-electron chi connectivity index (χ1n) is 7.71. The van der Waals surface area contributed by atoms with Gasteiger partial charge in [0.15, 0.2) is 0 Å². The fourth-order valence-corrected chi connectivity index (χ4v) is 2.64. The molecular formula is C17H26N2O3. The Bertz CT molecular complexity index is 511. The van der Waals surface area contributed by atoms with Crippen LogP contribution in [0.2, 0.25) is 0 Å². The van der Waals surface area contributed by atoms with Crippen molar-refractivity contribution in [3.8, 4) is 5.75 Å². The van der Waals surface area contributed by atoms with Gasteiger partial charge in [0.1, 0.15) is 11.4 Å². The zero-order valence-corrected chi connectivity index (χ0v) is 13.9. The fourth-order valence-electron chi connectivity index (χ4n) is 2.64. The molecule has 0 aliphatic carbocycles. The summed E-state index contributed by atoms with van der Waals surface area (Å²) in [5, 5.41) is 2.95. The third-order valence-corrected chi connectivity index (χ3v) is 3.58. The molecule has 5 heteroatoms. The Kier molecular flexibility index (Phi) is 5.29. The largest absolute Gasteiger partial charge is 0.496 e. The molecule has 0 aromatic heterocycles. The van der Waals surface area contributed by atoms with Gasteiger partial charge in [-0.3, -0.25) is 4.90 Å². The molecule has 1 fully saturated rings. The van der Waals surface area contributed by atoms with Gasteiger partial charge in [0.2, 0.25) is 0 Å². The van der Waals surface area contributed by atoms with Gasteiger partial charge in [-0.2, -0.15) is 0 Å². The number of nitrogens with zero attached hydrogens (tertiary/aromatic N) is 1. The molecule has 122 valence electrons. The van der Waals surface area contributed by atoms with E-state index in [1.54, 1.807) is 7.11 Å². The van der Waals surface area contributed by atoms with E-state index in [4.69, 9.17) is 9.47 Å². The molecule has 0 radical (unpaired) electrons. The number of nitrogens with one attached hydrogen (secondary N) is 1. The maximum absolute atomic E-state index is 11.8. The summed E-state index contributed by atoms with van der Waals surface area (Å²) < 4.78 is 10.7. The van der Waals surface area contributed by atoms with E-state index in [0.29, 0.717) is 0 Å². The van der Waals surface area contributed by atoms with Crippen molar-refractivity contribution in [3.05, 3.63) is 29.8 Å². The number of benzene rings is 1. The number of para-hydroxylation sites is 1. The van der Waals surface area contributed by atoms with E-state index in [0.717, 1.165) is 31.8 Å². The van der Waals surface area contributed by atoms with Crippen LogP contribution in [0.15, 0.2) is 24.3 Å². The number of ether oxygens (including phenoxy) is 2. The number of likely N-dealkylation sites (tertiary alicyclic amines) is 1. The Morgan fingerprint density at radius 2 is 2.09 bits per heavy atom. The number of methoxy groups -OCH3 is 1. The van der Waals surface area contributed by atoms with Crippen molar-refractivity contribution in [2.75, 3.05) is 20.2 Å². The van der Waals surface area contributed by atoms with Crippen LogP contribution in [-0.2, 0) is 11.3 Å². The van der Waals surface area contributed by atoms with E-state index in [1.165, 1.54) is 5.56 Å². The Hall–Kier alpha value is -1.75. The lowest BCUT2D eigenvalue weighted by molar-refractivity contribution is 0.0505. The molecule has 1 aliphatic rings. The van der Waals surface area contributed by atoms with Gasteiger partial charge in [0, 0.05) is 31.2 Å².